The van der Waals surface area contributed by atoms with Crippen molar-refractivity contribution in [2.75, 3.05) is 0 Å². The molecule has 0 spiro atoms. The van der Waals surface area contributed by atoms with E-state index in [1.54, 1.807) is 0 Å². The predicted octanol–water partition coefficient (Wildman–Crippen LogP) is 0.354. The number of terminal acetylenes is 1. The summed E-state index contributed by atoms with van der Waals surface area (Å²) in [6.45, 7) is 4.00. The van der Waals surface area contributed by atoms with Crippen LogP contribution in [-0.2, 0) is 0 Å². The molecule has 0 aliphatic carbocycles. The molecule has 2 heteroatoms. The molecule has 0 fully saturated rings. The van der Waals surface area contributed by atoms with E-state index in [4.69, 9.17) is 17.3 Å². The fourth-order valence-electron chi connectivity index (χ4n) is 0.694. The van der Waals surface area contributed by atoms with Crippen LogP contribution in [0.5, 0.6) is 0 Å². The van der Waals surface area contributed by atoms with E-state index >= 15 is 0 Å². The van der Waals surface area contributed by atoms with Crippen molar-refractivity contribution >= 4 is 0 Å². The van der Waals surface area contributed by atoms with Gasteiger partial charge in [0.05, 0.1) is 0 Å². The van der Waals surface area contributed by atoms with Gasteiger partial charge in [-0.05, 0) is 5.92 Å². The number of hydrogen-bond acceptors (Lipinski definition) is 2. The molecule has 3 N–H and O–H groups in total. The van der Waals surface area contributed by atoms with Crippen molar-refractivity contribution in [3.8, 4) is 12.3 Å². The maximum Gasteiger partial charge on any atom is 0.129 e. The summed E-state index contributed by atoms with van der Waals surface area (Å²) in [6.07, 6.45) is 5.13. The van der Waals surface area contributed by atoms with Crippen molar-refractivity contribution in [1.82, 2.24) is 0 Å². The van der Waals surface area contributed by atoms with Crippen LogP contribution in [0.4, 0.5) is 0 Å². The number of aliphatic hydroxyl groups excluding tert-OH is 1. The number of rotatable bonds is 3. The third kappa shape index (κ3) is 2.38. The van der Waals surface area contributed by atoms with E-state index in [1.165, 1.54) is 0 Å². The first kappa shape index (κ1) is 9.48. The smallest absolute Gasteiger partial charge is 0.129 e. The van der Waals surface area contributed by atoms with Crippen LogP contribution in [0.3, 0.4) is 0 Å². The molecule has 0 aromatic heterocycles. The molecule has 0 heterocycles. The van der Waals surface area contributed by atoms with Crippen molar-refractivity contribution in [3.63, 3.8) is 0 Å². The summed E-state index contributed by atoms with van der Waals surface area (Å²) in [5, 5.41) is 9.07. The Labute approximate surface area is 62.4 Å². The van der Waals surface area contributed by atoms with Crippen molar-refractivity contribution < 1.29 is 5.11 Å². The molecule has 0 aromatic carbocycles. The topological polar surface area (TPSA) is 46.2 Å². The summed E-state index contributed by atoms with van der Waals surface area (Å²) in [6, 6.07) is -0.282. The highest BCUT2D eigenvalue weighted by Crippen LogP contribution is 2.07. The zero-order valence-corrected chi connectivity index (χ0v) is 6.54. The van der Waals surface area contributed by atoms with Gasteiger partial charge in [0.25, 0.3) is 0 Å². The zero-order chi connectivity index (χ0) is 8.15. The minimum Gasteiger partial charge on any atom is -0.379 e. The van der Waals surface area contributed by atoms with Gasteiger partial charge in [0.15, 0.2) is 0 Å². The first-order chi connectivity index (χ1) is 4.63. The molecule has 0 aliphatic rings. The molecule has 3 atom stereocenters. The summed E-state index contributed by atoms with van der Waals surface area (Å²) < 4.78 is 0. The van der Waals surface area contributed by atoms with Crippen molar-refractivity contribution in [2.45, 2.75) is 32.4 Å². The second kappa shape index (κ2) is 4.32. The Morgan fingerprint density at radius 1 is 1.70 bits per heavy atom. The third-order valence-corrected chi connectivity index (χ3v) is 1.84. The molecule has 0 aromatic rings. The summed E-state index contributed by atoms with van der Waals surface area (Å²) >= 11 is 0. The van der Waals surface area contributed by atoms with Crippen LogP contribution in [0, 0.1) is 18.3 Å². The highest BCUT2D eigenvalue weighted by Gasteiger charge is 2.17. The van der Waals surface area contributed by atoms with Gasteiger partial charge < -0.3 is 10.8 Å². The van der Waals surface area contributed by atoms with Crippen LogP contribution in [0.25, 0.3) is 0 Å². The Morgan fingerprint density at radius 3 is 2.50 bits per heavy atom. The molecular formula is C8H15NO. The Balaban J connectivity index is 3.84. The Morgan fingerprint density at radius 2 is 2.20 bits per heavy atom. The van der Waals surface area contributed by atoms with Crippen LogP contribution in [0.1, 0.15) is 20.3 Å². The van der Waals surface area contributed by atoms with Crippen molar-refractivity contribution in [1.29, 1.82) is 0 Å². The van der Waals surface area contributed by atoms with Gasteiger partial charge in [-0.1, -0.05) is 26.2 Å². The molecule has 0 radical (unpaired) electrons. The number of nitrogens with two attached hydrogens (primary N) is 1. The van der Waals surface area contributed by atoms with Crippen LogP contribution < -0.4 is 5.73 Å². The fraction of sp³-hybridized carbons (Fsp3) is 0.750. The Bertz CT molecular complexity index is 128. The normalized spacial score (nSPS) is 19.1. The molecule has 0 aliphatic heterocycles. The van der Waals surface area contributed by atoms with E-state index in [-0.39, 0.29) is 12.0 Å². The van der Waals surface area contributed by atoms with Crippen LogP contribution in [0.15, 0.2) is 0 Å². The van der Waals surface area contributed by atoms with Gasteiger partial charge in [0, 0.05) is 6.04 Å². The second-order valence-corrected chi connectivity index (χ2v) is 2.57. The maximum atomic E-state index is 9.07. The Kier molecular flexibility index (Phi) is 4.10. The van der Waals surface area contributed by atoms with E-state index in [0.717, 1.165) is 6.42 Å². The van der Waals surface area contributed by atoms with E-state index in [2.05, 4.69) is 5.92 Å². The summed E-state index contributed by atoms with van der Waals surface area (Å²) in [5.41, 5.74) is 5.59. The lowest BCUT2D eigenvalue weighted by Gasteiger charge is -2.19. The molecule has 0 saturated carbocycles. The molecule has 58 valence electrons. The lowest BCUT2D eigenvalue weighted by atomic mass is 9.96. The summed E-state index contributed by atoms with van der Waals surface area (Å²) in [4.78, 5) is 0. The third-order valence-electron chi connectivity index (χ3n) is 1.84. The zero-order valence-electron chi connectivity index (χ0n) is 6.54. The molecule has 0 rings (SSSR count). The van der Waals surface area contributed by atoms with Crippen molar-refractivity contribution in [3.05, 3.63) is 0 Å². The highest BCUT2D eigenvalue weighted by atomic mass is 16.3. The highest BCUT2D eigenvalue weighted by molar-refractivity contribution is 4.99. The van der Waals surface area contributed by atoms with Gasteiger partial charge >= 0.3 is 0 Å². The van der Waals surface area contributed by atoms with Crippen LogP contribution >= 0.6 is 0 Å². The minimum absolute atomic E-state index is 0.282. The van der Waals surface area contributed by atoms with Gasteiger partial charge in [-0.15, -0.1) is 6.42 Å². The minimum atomic E-state index is -0.796. The van der Waals surface area contributed by atoms with E-state index in [9.17, 15) is 0 Å². The average Bonchev–Trinajstić information content (AvgIpc) is 2.00. The first-order valence-electron chi connectivity index (χ1n) is 3.53. The molecule has 0 saturated heterocycles. The predicted molar refractivity (Wildman–Crippen MR) is 42.3 cm³/mol. The van der Waals surface area contributed by atoms with Gasteiger partial charge in [-0.3, -0.25) is 0 Å². The quantitative estimate of drug-likeness (QED) is 0.557. The SMILES string of the molecule is C#CC(O)C(N)C(C)CC. The molecule has 10 heavy (non-hydrogen) atoms. The lowest BCUT2D eigenvalue weighted by molar-refractivity contribution is 0.170. The molecular weight excluding hydrogens is 126 g/mol. The average molecular weight is 141 g/mol. The van der Waals surface area contributed by atoms with Gasteiger partial charge in [-0.25, -0.2) is 0 Å². The fourth-order valence-corrected chi connectivity index (χ4v) is 0.694. The van der Waals surface area contributed by atoms with Crippen LogP contribution in [0.2, 0.25) is 0 Å². The number of aliphatic hydroxyl groups is 1. The van der Waals surface area contributed by atoms with Crippen LogP contribution in [-0.4, -0.2) is 17.3 Å². The molecule has 2 nitrogen and oxygen atoms in total. The molecule has 0 bridgehead atoms. The van der Waals surface area contributed by atoms with E-state index in [0.29, 0.717) is 0 Å². The monoisotopic (exact) mass is 141 g/mol. The van der Waals surface area contributed by atoms with E-state index < -0.39 is 6.10 Å². The van der Waals surface area contributed by atoms with Gasteiger partial charge in [-0.2, -0.15) is 0 Å². The second-order valence-electron chi connectivity index (χ2n) is 2.57. The lowest BCUT2D eigenvalue weighted by Crippen LogP contribution is -2.39. The molecule has 0 amide bonds. The van der Waals surface area contributed by atoms with E-state index in [1.807, 2.05) is 13.8 Å². The summed E-state index contributed by atoms with van der Waals surface area (Å²) in [5.74, 6) is 2.49. The van der Waals surface area contributed by atoms with Crippen molar-refractivity contribution in [2.24, 2.45) is 11.7 Å². The van der Waals surface area contributed by atoms with Gasteiger partial charge in [0.2, 0.25) is 0 Å². The molecule has 3 unspecified atom stereocenters. The number of hydrogen-bond donors (Lipinski definition) is 2. The standard InChI is InChI=1S/C8H15NO/c1-4-6(3)8(9)7(10)5-2/h2,6-8,10H,4,9H2,1,3H3. The maximum absolute atomic E-state index is 9.07. The van der Waals surface area contributed by atoms with Gasteiger partial charge in [0.1, 0.15) is 6.10 Å². The largest absolute Gasteiger partial charge is 0.379 e. The summed E-state index contributed by atoms with van der Waals surface area (Å²) in [7, 11) is 0. The Hall–Kier alpha value is -0.520. The first-order valence-corrected chi connectivity index (χ1v) is 3.53.